The lowest BCUT2D eigenvalue weighted by atomic mass is 9.97. The fourth-order valence-corrected chi connectivity index (χ4v) is 2.38. The van der Waals surface area contributed by atoms with E-state index >= 15 is 0 Å². The average molecular weight is 294 g/mol. The van der Waals surface area contributed by atoms with Crippen molar-refractivity contribution in [1.29, 1.82) is 0 Å². The summed E-state index contributed by atoms with van der Waals surface area (Å²) in [5.74, 6) is -1.09. The van der Waals surface area contributed by atoms with Gasteiger partial charge in [0.25, 0.3) is 5.91 Å². The molecule has 0 radical (unpaired) electrons. The number of morpholine rings is 1. The highest BCUT2D eigenvalue weighted by Crippen LogP contribution is 2.30. The Labute approximate surface area is 123 Å². The molecule has 0 aromatic heterocycles. The van der Waals surface area contributed by atoms with Crippen molar-refractivity contribution in [3.05, 3.63) is 35.6 Å². The van der Waals surface area contributed by atoms with Crippen LogP contribution in [0.3, 0.4) is 0 Å². The van der Waals surface area contributed by atoms with Crippen LogP contribution in [0.25, 0.3) is 0 Å². The van der Waals surface area contributed by atoms with Crippen molar-refractivity contribution in [3.8, 4) is 0 Å². The van der Waals surface area contributed by atoms with E-state index in [-0.39, 0.29) is 30.0 Å². The number of carbonyl (C=O) groups excluding carboxylic acids is 2. The van der Waals surface area contributed by atoms with Crippen LogP contribution >= 0.6 is 0 Å². The molecule has 0 spiro atoms. The van der Waals surface area contributed by atoms with Crippen molar-refractivity contribution in [1.82, 2.24) is 10.2 Å². The number of ether oxygens (including phenoxy) is 1. The van der Waals surface area contributed by atoms with Crippen LogP contribution in [0, 0.1) is 5.82 Å². The van der Waals surface area contributed by atoms with Crippen molar-refractivity contribution in [2.45, 2.75) is 32.0 Å². The van der Waals surface area contributed by atoms with Gasteiger partial charge in [-0.25, -0.2) is 4.39 Å². The molecule has 1 aliphatic rings. The number of nitrogens with one attached hydrogen (secondary N) is 1. The molecule has 21 heavy (non-hydrogen) atoms. The van der Waals surface area contributed by atoms with E-state index < -0.39 is 18.0 Å². The van der Waals surface area contributed by atoms with Gasteiger partial charge < -0.3 is 15.0 Å². The van der Waals surface area contributed by atoms with Gasteiger partial charge in [0.2, 0.25) is 5.91 Å². The highest BCUT2D eigenvalue weighted by atomic mass is 19.1. The second kappa shape index (κ2) is 6.22. The second-order valence-corrected chi connectivity index (χ2v) is 5.37. The molecule has 114 valence electrons. The number of carbonyl (C=O) groups is 2. The summed E-state index contributed by atoms with van der Waals surface area (Å²) in [5.41, 5.74) is 0.275. The van der Waals surface area contributed by atoms with Gasteiger partial charge in [0, 0.05) is 18.7 Å². The summed E-state index contributed by atoms with van der Waals surface area (Å²) in [7, 11) is 1.55. The molecule has 0 aliphatic carbocycles. The van der Waals surface area contributed by atoms with Crippen LogP contribution in [0.4, 0.5) is 4.39 Å². The molecule has 2 rings (SSSR count). The van der Waals surface area contributed by atoms with Crippen molar-refractivity contribution >= 4 is 11.8 Å². The lowest BCUT2D eigenvalue weighted by Gasteiger charge is -2.38. The normalized spacial score (nSPS) is 22.5. The zero-order valence-corrected chi connectivity index (χ0v) is 12.3. The van der Waals surface area contributed by atoms with Crippen LogP contribution in [0.1, 0.15) is 25.5 Å². The number of hydrogen-bond donors (Lipinski definition) is 1. The Kier molecular flexibility index (Phi) is 4.57. The fraction of sp³-hybridized carbons (Fsp3) is 0.467. The lowest BCUT2D eigenvalue weighted by molar-refractivity contribution is -0.162. The molecular formula is C15H19FN2O3. The van der Waals surface area contributed by atoms with E-state index in [1.54, 1.807) is 25.2 Å². The van der Waals surface area contributed by atoms with Gasteiger partial charge in [-0.2, -0.15) is 0 Å². The standard InChI is InChI=1S/C15H19FN2O3/c1-9(2)17-15(20)14-13(18(3)12(19)8-21-14)10-6-4-5-7-11(10)16/h4-7,9,13-14H,8H2,1-3H3,(H,17,20)/t13-,14-/m0/s1. The molecule has 5 nitrogen and oxygen atoms in total. The Bertz CT molecular complexity index is 547. The van der Waals surface area contributed by atoms with E-state index in [4.69, 9.17) is 4.74 Å². The zero-order valence-electron chi connectivity index (χ0n) is 12.3. The Morgan fingerprint density at radius 3 is 2.71 bits per heavy atom. The van der Waals surface area contributed by atoms with Crippen LogP contribution in [0.5, 0.6) is 0 Å². The van der Waals surface area contributed by atoms with Gasteiger partial charge in [0.15, 0.2) is 6.10 Å². The Balaban J connectivity index is 2.36. The van der Waals surface area contributed by atoms with Crippen molar-refractivity contribution in [3.63, 3.8) is 0 Å². The molecule has 0 unspecified atom stereocenters. The van der Waals surface area contributed by atoms with E-state index in [9.17, 15) is 14.0 Å². The lowest BCUT2D eigenvalue weighted by Crippen LogP contribution is -2.54. The molecule has 1 heterocycles. The van der Waals surface area contributed by atoms with E-state index in [2.05, 4.69) is 5.32 Å². The summed E-state index contributed by atoms with van der Waals surface area (Å²) < 4.78 is 19.4. The first-order valence-electron chi connectivity index (χ1n) is 6.84. The van der Waals surface area contributed by atoms with Crippen LogP contribution in [0.15, 0.2) is 24.3 Å². The molecule has 1 aliphatic heterocycles. The van der Waals surface area contributed by atoms with E-state index in [0.29, 0.717) is 0 Å². The summed E-state index contributed by atoms with van der Waals surface area (Å²) in [6, 6.07) is 5.26. The number of hydrogen-bond acceptors (Lipinski definition) is 3. The van der Waals surface area contributed by atoms with E-state index in [0.717, 1.165) is 0 Å². The first-order valence-corrected chi connectivity index (χ1v) is 6.84. The minimum Gasteiger partial charge on any atom is -0.356 e. The highest BCUT2D eigenvalue weighted by Gasteiger charge is 2.41. The average Bonchev–Trinajstić information content (AvgIpc) is 2.42. The molecule has 1 fully saturated rings. The van der Waals surface area contributed by atoms with Crippen LogP contribution in [0.2, 0.25) is 0 Å². The molecule has 2 amide bonds. The van der Waals surface area contributed by atoms with Crippen LogP contribution < -0.4 is 5.32 Å². The molecule has 1 saturated heterocycles. The molecule has 6 heteroatoms. The molecule has 0 saturated carbocycles. The Hall–Kier alpha value is -1.95. The third-order valence-electron chi connectivity index (χ3n) is 3.40. The maximum Gasteiger partial charge on any atom is 0.251 e. The van der Waals surface area contributed by atoms with Crippen molar-refractivity contribution in [2.24, 2.45) is 0 Å². The third-order valence-corrected chi connectivity index (χ3v) is 3.40. The maximum atomic E-state index is 14.0. The van der Waals surface area contributed by atoms with Gasteiger partial charge in [-0.05, 0) is 19.9 Å². The molecular weight excluding hydrogens is 275 g/mol. The Morgan fingerprint density at radius 2 is 2.10 bits per heavy atom. The summed E-state index contributed by atoms with van der Waals surface area (Å²) in [4.78, 5) is 25.5. The Morgan fingerprint density at radius 1 is 1.43 bits per heavy atom. The summed E-state index contributed by atoms with van der Waals surface area (Å²) in [6.07, 6.45) is -0.924. The topological polar surface area (TPSA) is 58.6 Å². The van der Waals surface area contributed by atoms with Gasteiger partial charge >= 0.3 is 0 Å². The van der Waals surface area contributed by atoms with Gasteiger partial charge in [0.1, 0.15) is 12.4 Å². The highest BCUT2D eigenvalue weighted by molar-refractivity contribution is 5.86. The summed E-state index contributed by atoms with van der Waals surface area (Å²) in [6.45, 7) is 3.47. The number of nitrogens with zero attached hydrogens (tertiary/aromatic N) is 1. The minimum atomic E-state index is -0.924. The molecule has 0 bridgehead atoms. The fourth-order valence-electron chi connectivity index (χ4n) is 2.38. The van der Waals surface area contributed by atoms with E-state index in [1.165, 1.54) is 11.0 Å². The van der Waals surface area contributed by atoms with E-state index in [1.807, 2.05) is 13.8 Å². The third kappa shape index (κ3) is 3.21. The predicted molar refractivity (Wildman–Crippen MR) is 74.9 cm³/mol. The predicted octanol–water partition coefficient (Wildman–Crippen LogP) is 1.25. The zero-order chi connectivity index (χ0) is 15.6. The molecule has 1 aromatic carbocycles. The van der Waals surface area contributed by atoms with Gasteiger partial charge in [0.05, 0.1) is 6.04 Å². The maximum absolute atomic E-state index is 14.0. The first-order chi connectivity index (χ1) is 9.91. The van der Waals surface area contributed by atoms with Gasteiger partial charge in [-0.15, -0.1) is 0 Å². The van der Waals surface area contributed by atoms with Crippen molar-refractivity contribution < 1.29 is 18.7 Å². The van der Waals surface area contributed by atoms with Crippen molar-refractivity contribution in [2.75, 3.05) is 13.7 Å². The number of likely N-dealkylation sites (N-methyl/N-ethyl adjacent to an activating group) is 1. The number of halogens is 1. The first kappa shape index (κ1) is 15.4. The van der Waals surface area contributed by atoms with Crippen LogP contribution in [-0.4, -0.2) is 42.5 Å². The quantitative estimate of drug-likeness (QED) is 0.912. The SMILES string of the molecule is CC(C)NC(=O)[C@H]1OCC(=O)N(C)[C@H]1c1ccccc1F. The minimum absolute atomic E-state index is 0.0645. The largest absolute Gasteiger partial charge is 0.356 e. The summed E-state index contributed by atoms with van der Waals surface area (Å²) in [5, 5.41) is 2.74. The van der Waals surface area contributed by atoms with Gasteiger partial charge in [-0.1, -0.05) is 18.2 Å². The molecule has 2 atom stereocenters. The number of rotatable bonds is 3. The molecule has 1 N–H and O–H groups in total. The monoisotopic (exact) mass is 294 g/mol. The smallest absolute Gasteiger partial charge is 0.251 e. The second-order valence-electron chi connectivity index (χ2n) is 5.37. The van der Waals surface area contributed by atoms with Crippen LogP contribution in [-0.2, 0) is 14.3 Å². The van der Waals surface area contributed by atoms with Gasteiger partial charge in [-0.3, -0.25) is 9.59 Å². The molecule has 1 aromatic rings. The summed E-state index contributed by atoms with van der Waals surface area (Å²) >= 11 is 0. The number of amides is 2. The number of benzene rings is 1.